The standard InChI is InChI=1S/C40H29N9O5S/c1-22-23(2)42-33-19-28(11-15-31(33)41-22)44-39(50)43-26-7-5-24(6-8-26)25-18-36(54-21-25)38-37(35-4-3-17-53-35)48-34-20-29(12-16-32(34)47-38)46-40(55)45-27-9-13-30(14-10-27)49(51)52/h3-21H,1-2H3,(H2,43,44,50)(H2,45,46,55). The van der Waals surface area contributed by atoms with Crippen LogP contribution in [0.5, 0.6) is 0 Å². The predicted molar refractivity (Wildman–Crippen MR) is 215 cm³/mol. The third kappa shape index (κ3) is 7.53. The maximum atomic E-state index is 12.8. The maximum absolute atomic E-state index is 12.8. The summed E-state index contributed by atoms with van der Waals surface area (Å²) in [6, 6.07) is 29.3. The van der Waals surface area contributed by atoms with Gasteiger partial charge >= 0.3 is 6.03 Å². The molecule has 0 aliphatic heterocycles. The molecule has 0 atom stereocenters. The number of hydrogen-bond acceptors (Lipinski definition) is 10. The number of nitro benzene ring substituents is 1. The molecule has 0 spiro atoms. The lowest BCUT2D eigenvalue weighted by Gasteiger charge is -2.12. The summed E-state index contributed by atoms with van der Waals surface area (Å²) < 4.78 is 11.8. The Labute approximate surface area is 317 Å². The first-order valence-corrected chi connectivity index (χ1v) is 17.3. The summed E-state index contributed by atoms with van der Waals surface area (Å²) in [4.78, 5) is 42.3. The van der Waals surface area contributed by atoms with E-state index in [1.165, 1.54) is 12.1 Å². The Morgan fingerprint density at radius 2 is 1.16 bits per heavy atom. The number of nitrogens with one attached hydrogen (secondary N) is 4. The lowest BCUT2D eigenvalue weighted by atomic mass is 10.1. The lowest BCUT2D eigenvalue weighted by molar-refractivity contribution is -0.384. The Kier molecular flexibility index (Phi) is 9.10. The summed E-state index contributed by atoms with van der Waals surface area (Å²) in [5.74, 6) is 0.991. The first kappa shape index (κ1) is 34.6. The van der Waals surface area contributed by atoms with Gasteiger partial charge in [-0.05, 0) is 110 Å². The van der Waals surface area contributed by atoms with Gasteiger partial charge in [0.2, 0.25) is 0 Å². The molecule has 4 aromatic carbocycles. The number of furan rings is 2. The number of nitrogens with zero attached hydrogens (tertiary/aromatic N) is 5. The van der Waals surface area contributed by atoms with Crippen molar-refractivity contribution in [2.24, 2.45) is 0 Å². The molecule has 270 valence electrons. The summed E-state index contributed by atoms with van der Waals surface area (Å²) in [5, 5.41) is 23.1. The van der Waals surface area contributed by atoms with Crippen LogP contribution in [-0.4, -0.2) is 36.0 Å². The molecule has 55 heavy (non-hydrogen) atoms. The second-order valence-corrected chi connectivity index (χ2v) is 12.8. The third-order valence-corrected chi connectivity index (χ3v) is 8.86. The molecule has 4 aromatic heterocycles. The molecule has 15 heteroatoms. The van der Waals surface area contributed by atoms with Gasteiger partial charge in [0, 0.05) is 40.4 Å². The molecule has 4 heterocycles. The van der Waals surface area contributed by atoms with Gasteiger partial charge in [-0.25, -0.2) is 24.7 Å². The van der Waals surface area contributed by atoms with E-state index in [1.807, 2.05) is 68.4 Å². The zero-order valence-electron chi connectivity index (χ0n) is 29.2. The zero-order chi connectivity index (χ0) is 38.1. The fraction of sp³-hybridized carbons (Fsp3) is 0.0500. The highest BCUT2D eigenvalue weighted by atomic mass is 32.1. The van der Waals surface area contributed by atoms with Crippen LogP contribution in [0.25, 0.3) is 56.1 Å². The van der Waals surface area contributed by atoms with Gasteiger partial charge in [-0.15, -0.1) is 0 Å². The number of anilines is 4. The van der Waals surface area contributed by atoms with Crippen molar-refractivity contribution in [1.29, 1.82) is 0 Å². The van der Waals surface area contributed by atoms with Crippen LogP contribution in [-0.2, 0) is 0 Å². The topological polar surface area (TPSA) is 186 Å². The second kappa shape index (κ2) is 14.5. The molecule has 0 unspecified atom stereocenters. The summed E-state index contributed by atoms with van der Waals surface area (Å²) in [6.45, 7) is 3.82. The minimum Gasteiger partial charge on any atom is -0.463 e. The summed E-state index contributed by atoms with van der Waals surface area (Å²) in [7, 11) is 0. The van der Waals surface area contributed by atoms with Crippen molar-refractivity contribution in [1.82, 2.24) is 19.9 Å². The molecular formula is C40H29N9O5S. The first-order valence-electron chi connectivity index (χ1n) is 16.9. The molecule has 0 saturated heterocycles. The smallest absolute Gasteiger partial charge is 0.323 e. The van der Waals surface area contributed by atoms with Gasteiger partial charge < -0.3 is 30.1 Å². The Morgan fingerprint density at radius 1 is 0.618 bits per heavy atom. The van der Waals surface area contributed by atoms with Crippen molar-refractivity contribution in [2.75, 3.05) is 21.3 Å². The highest BCUT2D eigenvalue weighted by Crippen LogP contribution is 2.35. The Balaban J connectivity index is 0.977. The number of amides is 2. The van der Waals surface area contributed by atoms with E-state index >= 15 is 0 Å². The normalized spacial score (nSPS) is 11.0. The van der Waals surface area contributed by atoms with Gasteiger partial charge in [-0.1, -0.05) is 12.1 Å². The van der Waals surface area contributed by atoms with Crippen LogP contribution < -0.4 is 21.3 Å². The van der Waals surface area contributed by atoms with Gasteiger partial charge in [0.25, 0.3) is 5.69 Å². The van der Waals surface area contributed by atoms with Crippen LogP contribution >= 0.6 is 12.2 Å². The largest absolute Gasteiger partial charge is 0.463 e. The number of non-ortho nitro benzene ring substituents is 1. The summed E-state index contributed by atoms with van der Waals surface area (Å²) >= 11 is 5.47. The number of hydrogen-bond donors (Lipinski definition) is 4. The van der Waals surface area contributed by atoms with Crippen molar-refractivity contribution in [3.63, 3.8) is 0 Å². The predicted octanol–water partition coefficient (Wildman–Crippen LogP) is 9.74. The molecule has 14 nitrogen and oxygen atoms in total. The monoisotopic (exact) mass is 747 g/mol. The Morgan fingerprint density at radius 3 is 1.85 bits per heavy atom. The first-order chi connectivity index (χ1) is 26.6. The fourth-order valence-corrected chi connectivity index (χ4v) is 6.04. The number of aryl methyl sites for hydroxylation is 2. The molecule has 0 radical (unpaired) electrons. The van der Waals surface area contributed by atoms with E-state index < -0.39 is 4.92 Å². The van der Waals surface area contributed by atoms with Crippen molar-refractivity contribution >= 4 is 73.9 Å². The van der Waals surface area contributed by atoms with Crippen LogP contribution in [0.4, 0.5) is 33.2 Å². The second-order valence-electron chi connectivity index (χ2n) is 12.4. The number of rotatable bonds is 8. The minimum atomic E-state index is -0.461. The molecule has 8 rings (SSSR count). The van der Waals surface area contributed by atoms with Crippen LogP contribution in [0.3, 0.4) is 0 Å². The van der Waals surface area contributed by atoms with E-state index in [4.69, 9.17) is 31.0 Å². The van der Waals surface area contributed by atoms with E-state index in [2.05, 4.69) is 31.2 Å². The number of aromatic nitrogens is 4. The van der Waals surface area contributed by atoms with Crippen LogP contribution in [0.2, 0.25) is 0 Å². The van der Waals surface area contributed by atoms with E-state index in [9.17, 15) is 14.9 Å². The van der Waals surface area contributed by atoms with Crippen LogP contribution in [0.15, 0.2) is 124 Å². The zero-order valence-corrected chi connectivity index (χ0v) is 30.0. The number of carbonyl (C=O) groups is 1. The van der Waals surface area contributed by atoms with E-state index in [0.29, 0.717) is 67.3 Å². The average Bonchev–Trinajstić information content (AvgIpc) is 3.89. The number of nitro groups is 1. The maximum Gasteiger partial charge on any atom is 0.323 e. The van der Waals surface area contributed by atoms with Crippen molar-refractivity contribution in [3.8, 4) is 34.0 Å². The number of carbonyl (C=O) groups excluding carboxylic acids is 1. The minimum absolute atomic E-state index is 0.0138. The van der Waals surface area contributed by atoms with Gasteiger partial charge in [0.15, 0.2) is 16.6 Å². The van der Waals surface area contributed by atoms with E-state index in [-0.39, 0.29) is 11.7 Å². The number of thiocarbonyl (C=S) groups is 1. The SMILES string of the molecule is Cc1nc2ccc(NC(=O)Nc3ccc(-c4coc(-c5nc6ccc(NC(=S)Nc7ccc([N+](=O)[O-])cc7)cc6nc5-c5ccco5)c4)cc3)cc2nc1C. The number of fused-ring (bicyclic) bond motifs is 2. The highest BCUT2D eigenvalue weighted by molar-refractivity contribution is 7.80. The quantitative estimate of drug-likeness (QED) is 0.0656. The molecular weight excluding hydrogens is 719 g/mol. The van der Waals surface area contributed by atoms with Gasteiger partial charge in [-0.2, -0.15) is 0 Å². The fourth-order valence-electron chi connectivity index (χ4n) is 5.81. The third-order valence-electron chi connectivity index (χ3n) is 8.65. The van der Waals surface area contributed by atoms with Crippen molar-refractivity contribution < 1.29 is 18.6 Å². The van der Waals surface area contributed by atoms with Gasteiger partial charge in [0.05, 0.1) is 50.9 Å². The molecule has 0 bridgehead atoms. The van der Waals surface area contributed by atoms with Gasteiger partial charge in [0.1, 0.15) is 11.4 Å². The molecule has 0 aliphatic rings. The number of benzene rings is 4. The number of urea groups is 1. The average molecular weight is 748 g/mol. The molecule has 0 saturated carbocycles. The van der Waals surface area contributed by atoms with E-state index in [1.54, 1.807) is 48.9 Å². The van der Waals surface area contributed by atoms with E-state index in [0.717, 1.165) is 28.0 Å². The molecule has 0 fully saturated rings. The molecule has 2 amide bonds. The van der Waals surface area contributed by atoms with Crippen LogP contribution in [0.1, 0.15) is 11.4 Å². The van der Waals surface area contributed by atoms with Crippen LogP contribution in [0, 0.1) is 24.0 Å². The van der Waals surface area contributed by atoms with Crippen molar-refractivity contribution in [3.05, 3.63) is 137 Å². The lowest BCUT2D eigenvalue weighted by Crippen LogP contribution is -2.19. The van der Waals surface area contributed by atoms with Gasteiger partial charge in [-0.3, -0.25) is 10.1 Å². The summed E-state index contributed by atoms with van der Waals surface area (Å²) in [6.07, 6.45) is 3.20. The Hall–Kier alpha value is -7.52. The summed E-state index contributed by atoms with van der Waals surface area (Å²) in [5.41, 5.74) is 9.45. The molecule has 8 aromatic rings. The molecule has 4 N–H and O–H groups in total. The highest BCUT2D eigenvalue weighted by Gasteiger charge is 2.19. The Bertz CT molecular complexity index is 2750. The molecule has 0 aliphatic carbocycles. The van der Waals surface area contributed by atoms with Crippen molar-refractivity contribution in [2.45, 2.75) is 13.8 Å².